The van der Waals surface area contributed by atoms with E-state index in [4.69, 9.17) is 4.74 Å². The lowest BCUT2D eigenvalue weighted by Gasteiger charge is -2.25. The second-order valence-electron chi connectivity index (χ2n) is 5.81. The Morgan fingerprint density at radius 3 is 2.76 bits per heavy atom. The number of hydrogen-bond donors (Lipinski definition) is 1. The van der Waals surface area contributed by atoms with E-state index in [9.17, 15) is 9.59 Å². The molecule has 2 amide bonds. The molecule has 1 saturated heterocycles. The molecular formula is C19H21N3O3. The molecule has 2 aromatic rings. The van der Waals surface area contributed by atoms with E-state index in [1.807, 2.05) is 13.0 Å². The van der Waals surface area contributed by atoms with Gasteiger partial charge >= 0.3 is 0 Å². The topological polar surface area (TPSA) is 71.5 Å². The molecule has 1 fully saturated rings. The molecule has 6 heteroatoms. The summed E-state index contributed by atoms with van der Waals surface area (Å²) in [6.07, 6.45) is 4.69. The minimum absolute atomic E-state index is 0.170. The number of para-hydroxylation sites is 1. The summed E-state index contributed by atoms with van der Waals surface area (Å²) in [5.74, 6) is 0.206. The monoisotopic (exact) mass is 339 g/mol. The van der Waals surface area contributed by atoms with Crippen LogP contribution in [-0.4, -0.2) is 40.9 Å². The van der Waals surface area contributed by atoms with E-state index in [1.54, 1.807) is 47.6 Å². The van der Waals surface area contributed by atoms with Crippen LogP contribution in [0.2, 0.25) is 0 Å². The predicted molar refractivity (Wildman–Crippen MR) is 94.5 cm³/mol. The summed E-state index contributed by atoms with van der Waals surface area (Å²) in [6, 6.07) is 10.1. The molecule has 1 aliphatic heterocycles. The Labute approximate surface area is 146 Å². The van der Waals surface area contributed by atoms with Gasteiger partial charge in [0.2, 0.25) is 5.91 Å². The third kappa shape index (κ3) is 3.79. The van der Waals surface area contributed by atoms with E-state index >= 15 is 0 Å². The molecule has 130 valence electrons. The fourth-order valence-electron chi connectivity index (χ4n) is 3.02. The minimum Gasteiger partial charge on any atom is -0.493 e. The Balaban J connectivity index is 1.77. The van der Waals surface area contributed by atoms with Crippen LogP contribution in [0.15, 0.2) is 48.8 Å². The number of rotatable bonds is 5. The molecular weight excluding hydrogens is 318 g/mol. The van der Waals surface area contributed by atoms with Crippen molar-refractivity contribution in [3.8, 4) is 5.75 Å². The van der Waals surface area contributed by atoms with Gasteiger partial charge in [-0.15, -0.1) is 0 Å². The molecule has 1 aromatic carbocycles. The van der Waals surface area contributed by atoms with Crippen molar-refractivity contribution in [2.45, 2.75) is 25.8 Å². The highest BCUT2D eigenvalue weighted by Crippen LogP contribution is 2.26. The van der Waals surface area contributed by atoms with Crippen LogP contribution >= 0.6 is 0 Å². The van der Waals surface area contributed by atoms with E-state index in [-0.39, 0.29) is 11.8 Å². The number of anilines is 1. The first-order chi connectivity index (χ1) is 12.2. The van der Waals surface area contributed by atoms with Crippen molar-refractivity contribution in [3.05, 3.63) is 54.4 Å². The molecule has 1 atom stereocenters. The zero-order chi connectivity index (χ0) is 17.6. The maximum absolute atomic E-state index is 13.0. The SMILES string of the molecule is CCOc1ccccc1C(=O)N1CCCC1C(=O)Nc1ccncc1. The van der Waals surface area contributed by atoms with Crippen molar-refractivity contribution in [1.29, 1.82) is 0 Å². The molecule has 0 radical (unpaired) electrons. The maximum atomic E-state index is 13.0. The highest BCUT2D eigenvalue weighted by Gasteiger charge is 2.35. The van der Waals surface area contributed by atoms with Crippen molar-refractivity contribution in [3.63, 3.8) is 0 Å². The maximum Gasteiger partial charge on any atom is 0.258 e. The van der Waals surface area contributed by atoms with Gasteiger partial charge in [0.25, 0.3) is 5.91 Å². The Morgan fingerprint density at radius 1 is 1.24 bits per heavy atom. The lowest BCUT2D eigenvalue weighted by molar-refractivity contribution is -0.119. The van der Waals surface area contributed by atoms with Gasteiger partial charge in [0.15, 0.2) is 0 Å². The molecule has 1 aliphatic rings. The molecule has 0 saturated carbocycles. The van der Waals surface area contributed by atoms with Gasteiger partial charge in [-0.2, -0.15) is 0 Å². The number of pyridine rings is 1. The van der Waals surface area contributed by atoms with E-state index in [0.717, 1.165) is 6.42 Å². The molecule has 1 N–H and O–H groups in total. The third-order valence-electron chi connectivity index (χ3n) is 4.18. The standard InChI is InChI=1S/C19H21N3O3/c1-2-25-17-8-4-3-6-15(17)19(24)22-13-5-7-16(22)18(23)21-14-9-11-20-12-10-14/h3-4,6,8-12,16H,2,5,7,13H2,1H3,(H,20,21,23). The highest BCUT2D eigenvalue weighted by molar-refractivity contribution is 6.02. The first kappa shape index (κ1) is 17.0. The third-order valence-corrected chi connectivity index (χ3v) is 4.18. The molecule has 1 unspecified atom stereocenters. The van der Waals surface area contributed by atoms with Crippen LogP contribution in [-0.2, 0) is 4.79 Å². The number of carbonyl (C=O) groups excluding carboxylic acids is 2. The molecule has 0 bridgehead atoms. The van der Waals surface area contributed by atoms with Crippen molar-refractivity contribution in [1.82, 2.24) is 9.88 Å². The average molecular weight is 339 g/mol. The Hall–Kier alpha value is -2.89. The highest BCUT2D eigenvalue weighted by atomic mass is 16.5. The zero-order valence-corrected chi connectivity index (χ0v) is 14.1. The largest absolute Gasteiger partial charge is 0.493 e. The fourth-order valence-corrected chi connectivity index (χ4v) is 3.02. The van der Waals surface area contributed by atoms with Crippen LogP contribution in [0.5, 0.6) is 5.75 Å². The molecule has 3 rings (SSSR count). The van der Waals surface area contributed by atoms with E-state index in [1.165, 1.54) is 0 Å². The Bertz CT molecular complexity index is 749. The zero-order valence-electron chi connectivity index (χ0n) is 14.1. The summed E-state index contributed by atoms with van der Waals surface area (Å²) in [7, 11) is 0. The van der Waals surface area contributed by atoms with Crippen molar-refractivity contribution < 1.29 is 14.3 Å². The number of hydrogen-bond acceptors (Lipinski definition) is 4. The number of amides is 2. The molecule has 6 nitrogen and oxygen atoms in total. The summed E-state index contributed by atoms with van der Waals surface area (Å²) < 4.78 is 5.55. The predicted octanol–water partition coefficient (Wildman–Crippen LogP) is 2.72. The number of ether oxygens (including phenoxy) is 1. The second kappa shape index (κ2) is 7.79. The van der Waals surface area contributed by atoms with E-state index in [0.29, 0.717) is 36.6 Å². The van der Waals surface area contributed by atoms with Gasteiger partial charge in [0, 0.05) is 24.6 Å². The number of carbonyl (C=O) groups is 2. The Kier molecular flexibility index (Phi) is 5.28. The minimum atomic E-state index is -0.477. The van der Waals surface area contributed by atoms with E-state index < -0.39 is 6.04 Å². The summed E-state index contributed by atoms with van der Waals surface area (Å²) in [5, 5.41) is 2.86. The lowest BCUT2D eigenvalue weighted by atomic mass is 10.1. The average Bonchev–Trinajstić information content (AvgIpc) is 3.13. The summed E-state index contributed by atoms with van der Waals surface area (Å²) in [4.78, 5) is 31.1. The number of nitrogens with one attached hydrogen (secondary N) is 1. The number of nitrogens with zero attached hydrogens (tertiary/aromatic N) is 2. The number of benzene rings is 1. The first-order valence-corrected chi connectivity index (χ1v) is 8.44. The first-order valence-electron chi connectivity index (χ1n) is 8.44. The molecule has 0 aliphatic carbocycles. The number of likely N-dealkylation sites (tertiary alicyclic amines) is 1. The quantitative estimate of drug-likeness (QED) is 0.909. The number of aromatic nitrogens is 1. The fraction of sp³-hybridized carbons (Fsp3) is 0.316. The van der Waals surface area contributed by atoms with Crippen molar-refractivity contribution in [2.75, 3.05) is 18.5 Å². The second-order valence-corrected chi connectivity index (χ2v) is 5.81. The van der Waals surface area contributed by atoms with Crippen molar-refractivity contribution >= 4 is 17.5 Å². The van der Waals surface area contributed by atoms with Crippen LogP contribution < -0.4 is 10.1 Å². The van der Waals surface area contributed by atoms with Gasteiger partial charge in [-0.25, -0.2) is 0 Å². The van der Waals surface area contributed by atoms with Gasteiger partial charge in [0.1, 0.15) is 11.8 Å². The smallest absolute Gasteiger partial charge is 0.258 e. The van der Waals surface area contributed by atoms with Crippen LogP contribution in [0.25, 0.3) is 0 Å². The molecule has 1 aromatic heterocycles. The van der Waals surface area contributed by atoms with Gasteiger partial charge in [-0.05, 0) is 44.0 Å². The van der Waals surface area contributed by atoms with Crippen LogP contribution in [0, 0.1) is 0 Å². The summed E-state index contributed by atoms with van der Waals surface area (Å²) in [6.45, 7) is 2.92. The van der Waals surface area contributed by atoms with Gasteiger partial charge in [-0.3, -0.25) is 14.6 Å². The van der Waals surface area contributed by atoms with Gasteiger partial charge in [0.05, 0.1) is 12.2 Å². The normalized spacial score (nSPS) is 16.5. The van der Waals surface area contributed by atoms with Crippen molar-refractivity contribution in [2.24, 2.45) is 0 Å². The van der Waals surface area contributed by atoms with E-state index in [2.05, 4.69) is 10.3 Å². The molecule has 25 heavy (non-hydrogen) atoms. The molecule has 2 heterocycles. The Morgan fingerprint density at radius 2 is 2.00 bits per heavy atom. The van der Waals surface area contributed by atoms with Gasteiger partial charge in [-0.1, -0.05) is 12.1 Å². The van der Waals surface area contributed by atoms with Gasteiger partial charge < -0.3 is 15.0 Å². The summed E-state index contributed by atoms with van der Waals surface area (Å²) in [5.41, 5.74) is 1.17. The van der Waals surface area contributed by atoms with Crippen LogP contribution in [0.3, 0.4) is 0 Å². The summed E-state index contributed by atoms with van der Waals surface area (Å²) >= 11 is 0. The lowest BCUT2D eigenvalue weighted by Crippen LogP contribution is -2.43. The van der Waals surface area contributed by atoms with Crippen LogP contribution in [0.4, 0.5) is 5.69 Å². The van der Waals surface area contributed by atoms with Crippen LogP contribution in [0.1, 0.15) is 30.1 Å². The molecule has 0 spiro atoms.